The molecule has 1 rings (SSSR count). The smallest absolute Gasteiger partial charge is 0.417 e. The van der Waals surface area contributed by atoms with Gasteiger partial charge in [-0.2, -0.15) is 0 Å². The zero-order valence-corrected chi connectivity index (χ0v) is 11.4. The third-order valence-corrected chi connectivity index (χ3v) is 3.23. The van der Waals surface area contributed by atoms with Crippen LogP contribution in [0.25, 0.3) is 0 Å². The summed E-state index contributed by atoms with van der Waals surface area (Å²) in [7, 11) is 0. The van der Waals surface area contributed by atoms with Gasteiger partial charge in [-0.15, -0.1) is 11.3 Å². The quantitative estimate of drug-likeness (QED) is 0.831. The van der Waals surface area contributed by atoms with E-state index in [1.54, 1.807) is 5.38 Å². The van der Waals surface area contributed by atoms with Crippen LogP contribution in [-0.4, -0.2) is 11.1 Å². The molecule has 1 atom stereocenters. The molecule has 1 N–H and O–H groups in total. The van der Waals surface area contributed by atoms with Gasteiger partial charge in [0, 0.05) is 5.38 Å². The Bertz CT molecular complexity index is 399. The lowest BCUT2D eigenvalue weighted by Crippen LogP contribution is -2.11. The van der Waals surface area contributed by atoms with Crippen LogP contribution >= 0.6 is 11.3 Å². The van der Waals surface area contributed by atoms with Crippen LogP contribution in [-0.2, 0) is 4.74 Å². The number of carbonyl (C=O) groups is 1. The molecule has 0 radical (unpaired) electrons. The first-order valence-corrected chi connectivity index (χ1v) is 6.43. The van der Waals surface area contributed by atoms with Gasteiger partial charge in [0.2, 0.25) is 0 Å². The second kappa shape index (κ2) is 6.39. The molecule has 0 aromatic carbocycles. The molecule has 94 valence electrons. The van der Waals surface area contributed by atoms with E-state index in [0.29, 0.717) is 17.7 Å². The maximum absolute atomic E-state index is 11.4. The van der Waals surface area contributed by atoms with Crippen LogP contribution in [0.1, 0.15) is 25.8 Å². The van der Waals surface area contributed by atoms with Crippen molar-refractivity contribution in [1.29, 1.82) is 0 Å². The van der Waals surface area contributed by atoms with Crippen molar-refractivity contribution < 1.29 is 9.53 Å². The highest BCUT2D eigenvalue weighted by atomic mass is 32.1. The Labute approximate surface area is 106 Å². The van der Waals surface area contributed by atoms with Crippen LogP contribution in [0.4, 0.5) is 10.6 Å². The molecule has 1 aromatic rings. The second-order valence-electron chi connectivity index (χ2n) is 4.21. The maximum atomic E-state index is 11.4. The molecule has 0 spiro atoms. The predicted molar refractivity (Wildman–Crippen MR) is 70.1 cm³/mol. The minimum absolute atomic E-state index is 0.379. The van der Waals surface area contributed by atoms with E-state index >= 15 is 0 Å². The molecule has 4 nitrogen and oxygen atoms in total. The number of carbonyl (C=O) groups excluding carboxylic acids is 1. The molecule has 0 fully saturated rings. The Morgan fingerprint density at radius 3 is 2.76 bits per heavy atom. The number of amides is 1. The predicted octanol–water partition coefficient (Wildman–Crippen LogP) is 3.81. The number of hydrogen-bond acceptors (Lipinski definition) is 4. The van der Waals surface area contributed by atoms with Crippen molar-refractivity contribution in [3.8, 4) is 0 Å². The monoisotopic (exact) mass is 254 g/mol. The van der Waals surface area contributed by atoms with Gasteiger partial charge >= 0.3 is 6.09 Å². The molecule has 1 amide bonds. The van der Waals surface area contributed by atoms with E-state index in [1.165, 1.54) is 17.6 Å². The lowest BCUT2D eigenvalue weighted by molar-refractivity contribution is 0.200. The normalized spacial score (nSPS) is 13.0. The van der Waals surface area contributed by atoms with Crippen LogP contribution in [0.3, 0.4) is 0 Å². The molecule has 0 bridgehead atoms. The van der Waals surface area contributed by atoms with Gasteiger partial charge in [-0.05, 0) is 24.8 Å². The molecule has 0 unspecified atom stereocenters. The van der Waals surface area contributed by atoms with Gasteiger partial charge in [-0.25, -0.2) is 9.78 Å². The van der Waals surface area contributed by atoms with Gasteiger partial charge in [0.25, 0.3) is 0 Å². The molecule has 5 heteroatoms. The number of aryl methyl sites for hydroxylation is 1. The van der Waals surface area contributed by atoms with E-state index in [9.17, 15) is 4.79 Å². The summed E-state index contributed by atoms with van der Waals surface area (Å²) in [6.07, 6.45) is 2.79. The van der Waals surface area contributed by atoms with Gasteiger partial charge in [-0.3, -0.25) is 5.32 Å². The molecular weight excluding hydrogens is 236 g/mol. The van der Waals surface area contributed by atoms with Crippen molar-refractivity contribution in [2.45, 2.75) is 27.7 Å². The van der Waals surface area contributed by atoms with Crippen molar-refractivity contribution >= 4 is 23.2 Å². The van der Waals surface area contributed by atoms with E-state index in [1.807, 2.05) is 13.0 Å². The summed E-state index contributed by atoms with van der Waals surface area (Å²) in [5.41, 5.74) is 0. The lowest BCUT2D eigenvalue weighted by Gasteiger charge is -2.09. The highest BCUT2D eigenvalue weighted by Crippen LogP contribution is 2.13. The van der Waals surface area contributed by atoms with Crippen LogP contribution in [0.5, 0.6) is 0 Å². The van der Waals surface area contributed by atoms with E-state index in [0.717, 1.165) is 5.01 Å². The number of aromatic nitrogens is 1. The van der Waals surface area contributed by atoms with Crippen LogP contribution < -0.4 is 5.32 Å². The summed E-state index contributed by atoms with van der Waals surface area (Å²) in [6.45, 7) is 8.19. The van der Waals surface area contributed by atoms with Gasteiger partial charge in [0.15, 0.2) is 0 Å². The minimum Gasteiger partial charge on any atom is -0.418 e. The molecule has 17 heavy (non-hydrogen) atoms. The summed E-state index contributed by atoms with van der Waals surface area (Å²) in [5, 5.41) is 5.23. The van der Waals surface area contributed by atoms with Crippen LogP contribution in [0.2, 0.25) is 0 Å². The van der Waals surface area contributed by atoms with Gasteiger partial charge in [0.1, 0.15) is 5.82 Å². The van der Waals surface area contributed by atoms with Crippen molar-refractivity contribution in [1.82, 2.24) is 4.98 Å². The first kappa shape index (κ1) is 13.7. The number of nitrogens with one attached hydrogen (secondary N) is 1. The third-order valence-electron chi connectivity index (χ3n) is 2.46. The molecule has 1 aromatic heterocycles. The first-order chi connectivity index (χ1) is 7.99. The standard InChI is InChI=1S/C12H18N2O2S/c1-8(2)9(3)5-6-16-12(15)14-11-7-17-10(4)13-11/h5-9H,1-4H3,(H,14,15)/b6-5+/t9-/m0/s1. The SMILES string of the molecule is Cc1nc(NC(=O)O/C=C/[C@H](C)C(C)C)cs1. The highest BCUT2D eigenvalue weighted by Gasteiger charge is 2.05. The third kappa shape index (κ3) is 4.99. The number of allylic oxidation sites excluding steroid dienone is 1. The Morgan fingerprint density at radius 2 is 2.24 bits per heavy atom. The number of rotatable bonds is 4. The molecule has 0 aliphatic heterocycles. The molecule has 0 aliphatic rings. The average Bonchev–Trinajstić information content (AvgIpc) is 2.63. The van der Waals surface area contributed by atoms with Crippen molar-refractivity contribution in [2.24, 2.45) is 11.8 Å². The molecule has 0 saturated carbocycles. The minimum atomic E-state index is -0.512. The fourth-order valence-corrected chi connectivity index (χ4v) is 1.55. The molecule has 1 heterocycles. The van der Waals surface area contributed by atoms with E-state index in [-0.39, 0.29) is 0 Å². The summed E-state index contributed by atoms with van der Waals surface area (Å²) >= 11 is 1.48. The number of ether oxygens (including phenoxy) is 1. The van der Waals surface area contributed by atoms with E-state index in [4.69, 9.17) is 4.74 Å². The molecular formula is C12H18N2O2S. The highest BCUT2D eigenvalue weighted by molar-refractivity contribution is 7.09. The van der Waals surface area contributed by atoms with Crippen molar-refractivity contribution in [3.05, 3.63) is 22.7 Å². The number of nitrogens with zero attached hydrogens (tertiary/aromatic N) is 1. The zero-order chi connectivity index (χ0) is 12.8. The largest absolute Gasteiger partial charge is 0.418 e. The summed E-state index contributed by atoms with van der Waals surface area (Å²) in [4.78, 5) is 15.5. The van der Waals surface area contributed by atoms with Crippen LogP contribution in [0, 0.1) is 18.8 Å². The first-order valence-electron chi connectivity index (χ1n) is 5.55. The zero-order valence-electron chi connectivity index (χ0n) is 10.6. The van der Waals surface area contributed by atoms with E-state index in [2.05, 4.69) is 31.1 Å². The average molecular weight is 254 g/mol. The Morgan fingerprint density at radius 1 is 1.53 bits per heavy atom. The summed E-state index contributed by atoms with van der Waals surface area (Å²) in [6, 6.07) is 0. The fourth-order valence-electron chi connectivity index (χ4n) is 1.00. The van der Waals surface area contributed by atoms with Crippen molar-refractivity contribution in [2.75, 3.05) is 5.32 Å². The Balaban J connectivity index is 2.35. The van der Waals surface area contributed by atoms with Gasteiger partial charge in [-0.1, -0.05) is 20.8 Å². The van der Waals surface area contributed by atoms with Gasteiger partial charge < -0.3 is 4.74 Å². The summed E-state index contributed by atoms with van der Waals surface area (Å²) < 4.78 is 4.91. The van der Waals surface area contributed by atoms with Gasteiger partial charge in [0.05, 0.1) is 11.3 Å². The summed E-state index contributed by atoms with van der Waals surface area (Å²) in [5.74, 6) is 1.44. The number of thiazole rings is 1. The topological polar surface area (TPSA) is 51.2 Å². The molecule has 0 saturated heterocycles. The number of anilines is 1. The van der Waals surface area contributed by atoms with Crippen molar-refractivity contribution in [3.63, 3.8) is 0 Å². The fraction of sp³-hybridized carbons (Fsp3) is 0.500. The Hall–Kier alpha value is -1.36. The maximum Gasteiger partial charge on any atom is 0.417 e. The second-order valence-corrected chi connectivity index (χ2v) is 5.28. The number of hydrogen-bond donors (Lipinski definition) is 1. The van der Waals surface area contributed by atoms with Crippen LogP contribution in [0.15, 0.2) is 17.7 Å². The molecule has 0 aliphatic carbocycles. The lowest BCUT2D eigenvalue weighted by atomic mass is 9.99. The Kier molecular flexibility index (Phi) is 5.15. The van der Waals surface area contributed by atoms with E-state index < -0.39 is 6.09 Å².